The van der Waals surface area contributed by atoms with E-state index in [1.54, 1.807) is 4.90 Å². The summed E-state index contributed by atoms with van der Waals surface area (Å²) in [5.41, 5.74) is 0.149. The molecule has 142 valence electrons. The normalized spacial score (nSPS) is 21.7. The highest BCUT2D eigenvalue weighted by molar-refractivity contribution is 5.94. The van der Waals surface area contributed by atoms with Crippen LogP contribution in [0.5, 0.6) is 0 Å². The smallest absolute Gasteiger partial charge is 0.253 e. The molecule has 2 amide bonds. The SMILES string of the molecule is CCC1CCCCN1C(=O)C1CCN(C(=O)c2ccc(F)c(F)c2)CC1. The van der Waals surface area contributed by atoms with E-state index in [4.69, 9.17) is 0 Å². The van der Waals surface area contributed by atoms with Gasteiger partial charge in [-0.1, -0.05) is 6.92 Å². The Balaban J connectivity index is 1.59. The average molecular weight is 364 g/mol. The minimum absolute atomic E-state index is 0.0452. The predicted octanol–water partition coefficient (Wildman–Crippen LogP) is 3.61. The molecule has 2 aliphatic rings. The summed E-state index contributed by atoms with van der Waals surface area (Å²) in [6, 6.07) is 3.56. The van der Waals surface area contributed by atoms with Crippen LogP contribution >= 0.6 is 0 Å². The van der Waals surface area contributed by atoms with Crippen LogP contribution in [0.3, 0.4) is 0 Å². The van der Waals surface area contributed by atoms with Gasteiger partial charge in [0.25, 0.3) is 5.91 Å². The van der Waals surface area contributed by atoms with E-state index in [1.807, 2.05) is 4.90 Å². The van der Waals surface area contributed by atoms with E-state index in [0.29, 0.717) is 32.0 Å². The number of rotatable bonds is 3. The lowest BCUT2D eigenvalue weighted by Crippen LogP contribution is -2.49. The Morgan fingerprint density at radius 2 is 1.77 bits per heavy atom. The van der Waals surface area contributed by atoms with Crippen molar-refractivity contribution in [2.75, 3.05) is 19.6 Å². The third-order valence-corrected chi connectivity index (χ3v) is 5.68. The van der Waals surface area contributed by atoms with Crippen molar-refractivity contribution in [1.29, 1.82) is 0 Å². The first-order chi connectivity index (χ1) is 12.5. The molecule has 2 saturated heterocycles. The average Bonchev–Trinajstić information content (AvgIpc) is 2.69. The van der Waals surface area contributed by atoms with Crippen molar-refractivity contribution in [2.24, 2.45) is 5.92 Å². The fourth-order valence-corrected chi connectivity index (χ4v) is 4.09. The van der Waals surface area contributed by atoms with Crippen molar-refractivity contribution in [3.63, 3.8) is 0 Å². The number of halogens is 2. The zero-order valence-corrected chi connectivity index (χ0v) is 15.2. The highest BCUT2D eigenvalue weighted by Gasteiger charge is 2.33. The monoisotopic (exact) mass is 364 g/mol. The van der Waals surface area contributed by atoms with Gasteiger partial charge in [-0.3, -0.25) is 9.59 Å². The molecule has 2 heterocycles. The molecule has 1 unspecified atom stereocenters. The third kappa shape index (κ3) is 3.89. The van der Waals surface area contributed by atoms with E-state index >= 15 is 0 Å². The lowest BCUT2D eigenvalue weighted by atomic mass is 9.91. The van der Waals surface area contributed by atoms with Gasteiger partial charge >= 0.3 is 0 Å². The molecule has 1 aromatic carbocycles. The van der Waals surface area contributed by atoms with Gasteiger partial charge in [-0.2, -0.15) is 0 Å². The molecule has 0 saturated carbocycles. The van der Waals surface area contributed by atoms with Crippen LogP contribution in [0.25, 0.3) is 0 Å². The summed E-state index contributed by atoms with van der Waals surface area (Å²) in [7, 11) is 0. The number of benzene rings is 1. The van der Waals surface area contributed by atoms with Crippen molar-refractivity contribution >= 4 is 11.8 Å². The van der Waals surface area contributed by atoms with Crippen molar-refractivity contribution in [1.82, 2.24) is 9.80 Å². The molecule has 1 atom stereocenters. The minimum Gasteiger partial charge on any atom is -0.339 e. The fraction of sp³-hybridized carbons (Fsp3) is 0.600. The van der Waals surface area contributed by atoms with E-state index in [9.17, 15) is 18.4 Å². The van der Waals surface area contributed by atoms with Gasteiger partial charge in [0.2, 0.25) is 5.91 Å². The maximum Gasteiger partial charge on any atom is 0.253 e. The highest BCUT2D eigenvalue weighted by atomic mass is 19.2. The standard InChI is InChI=1S/C20H26F2N2O2/c1-2-16-5-3-4-10-24(16)20(26)14-8-11-23(12-9-14)19(25)15-6-7-17(21)18(22)13-15/h6-7,13-14,16H,2-5,8-12H2,1H3. The number of nitrogens with zero attached hydrogens (tertiary/aromatic N) is 2. The first-order valence-corrected chi connectivity index (χ1v) is 9.56. The zero-order valence-electron chi connectivity index (χ0n) is 15.2. The van der Waals surface area contributed by atoms with Gasteiger partial charge in [0.05, 0.1) is 0 Å². The lowest BCUT2D eigenvalue weighted by Gasteiger charge is -2.39. The van der Waals surface area contributed by atoms with Crippen LogP contribution in [-0.2, 0) is 4.79 Å². The molecule has 2 fully saturated rings. The van der Waals surface area contributed by atoms with Gasteiger partial charge in [-0.05, 0) is 56.7 Å². The van der Waals surface area contributed by atoms with Crippen LogP contribution in [-0.4, -0.2) is 47.3 Å². The molecule has 3 rings (SSSR count). The van der Waals surface area contributed by atoms with Gasteiger partial charge in [-0.15, -0.1) is 0 Å². The Morgan fingerprint density at radius 3 is 2.42 bits per heavy atom. The maximum absolute atomic E-state index is 13.4. The van der Waals surface area contributed by atoms with Crippen LogP contribution in [0.1, 0.15) is 55.8 Å². The maximum atomic E-state index is 13.4. The Bertz CT molecular complexity index is 672. The van der Waals surface area contributed by atoms with Gasteiger partial charge < -0.3 is 9.80 Å². The van der Waals surface area contributed by atoms with Crippen LogP contribution in [0.2, 0.25) is 0 Å². The zero-order chi connectivity index (χ0) is 18.7. The van der Waals surface area contributed by atoms with Crippen LogP contribution < -0.4 is 0 Å². The Hall–Kier alpha value is -1.98. The van der Waals surface area contributed by atoms with Crippen LogP contribution in [0.15, 0.2) is 18.2 Å². The van der Waals surface area contributed by atoms with Gasteiger partial charge in [0.1, 0.15) is 0 Å². The van der Waals surface area contributed by atoms with Crippen molar-refractivity contribution < 1.29 is 18.4 Å². The molecule has 0 N–H and O–H groups in total. The molecule has 4 nitrogen and oxygen atoms in total. The number of carbonyl (C=O) groups excluding carboxylic acids is 2. The number of hydrogen-bond acceptors (Lipinski definition) is 2. The molecule has 0 aliphatic carbocycles. The van der Waals surface area contributed by atoms with E-state index in [-0.39, 0.29) is 23.3 Å². The summed E-state index contributed by atoms with van der Waals surface area (Å²) < 4.78 is 26.4. The van der Waals surface area contributed by atoms with E-state index in [2.05, 4.69) is 6.92 Å². The molecule has 0 radical (unpaired) electrons. The molecular formula is C20H26F2N2O2. The highest BCUT2D eigenvalue weighted by Crippen LogP contribution is 2.26. The third-order valence-electron chi connectivity index (χ3n) is 5.68. The van der Waals surface area contributed by atoms with E-state index in [0.717, 1.165) is 37.9 Å². The van der Waals surface area contributed by atoms with Crippen LogP contribution in [0, 0.1) is 17.6 Å². The summed E-state index contributed by atoms with van der Waals surface area (Å²) >= 11 is 0. The second-order valence-electron chi connectivity index (χ2n) is 7.28. The number of hydrogen-bond donors (Lipinski definition) is 0. The molecule has 2 aliphatic heterocycles. The van der Waals surface area contributed by atoms with E-state index in [1.165, 1.54) is 12.5 Å². The first-order valence-electron chi connectivity index (χ1n) is 9.56. The summed E-state index contributed by atoms with van der Waals surface area (Å²) in [5.74, 6) is -2.11. The number of piperidine rings is 2. The fourth-order valence-electron chi connectivity index (χ4n) is 4.09. The quantitative estimate of drug-likeness (QED) is 0.822. The van der Waals surface area contributed by atoms with Gasteiger partial charge in [0.15, 0.2) is 11.6 Å². The summed E-state index contributed by atoms with van der Waals surface area (Å²) in [5, 5.41) is 0. The number of carbonyl (C=O) groups is 2. The Labute approximate surface area is 153 Å². The lowest BCUT2D eigenvalue weighted by molar-refractivity contribution is -0.140. The second kappa shape index (κ2) is 8.14. The topological polar surface area (TPSA) is 40.6 Å². The summed E-state index contributed by atoms with van der Waals surface area (Å²) in [6.07, 6.45) is 5.57. The van der Waals surface area contributed by atoms with Gasteiger partial charge in [0, 0.05) is 37.2 Å². The largest absolute Gasteiger partial charge is 0.339 e. The molecule has 0 spiro atoms. The predicted molar refractivity (Wildman–Crippen MR) is 94.6 cm³/mol. The molecule has 0 bridgehead atoms. The van der Waals surface area contributed by atoms with Crippen LogP contribution in [0.4, 0.5) is 8.78 Å². The summed E-state index contributed by atoms with van der Waals surface area (Å²) in [4.78, 5) is 29.0. The summed E-state index contributed by atoms with van der Waals surface area (Å²) in [6.45, 7) is 3.91. The van der Waals surface area contributed by atoms with Crippen molar-refractivity contribution in [3.05, 3.63) is 35.4 Å². The molecule has 0 aromatic heterocycles. The van der Waals surface area contributed by atoms with Crippen molar-refractivity contribution in [2.45, 2.75) is 51.5 Å². The van der Waals surface area contributed by atoms with Crippen molar-refractivity contribution in [3.8, 4) is 0 Å². The molecular weight excluding hydrogens is 338 g/mol. The molecule has 26 heavy (non-hydrogen) atoms. The minimum atomic E-state index is -1.02. The first kappa shape index (κ1) is 18.8. The number of amides is 2. The van der Waals surface area contributed by atoms with Gasteiger partial charge in [-0.25, -0.2) is 8.78 Å². The molecule has 6 heteroatoms. The Kier molecular flexibility index (Phi) is 5.89. The van der Waals surface area contributed by atoms with E-state index < -0.39 is 11.6 Å². The Morgan fingerprint density at radius 1 is 1.04 bits per heavy atom. The number of likely N-dealkylation sites (tertiary alicyclic amines) is 2. The second-order valence-corrected chi connectivity index (χ2v) is 7.28. The molecule has 1 aromatic rings.